The Bertz CT molecular complexity index is 1100. The van der Waals surface area contributed by atoms with Crippen LogP contribution < -0.4 is 9.62 Å². The summed E-state index contributed by atoms with van der Waals surface area (Å²) in [6.07, 6.45) is 5.41. The van der Waals surface area contributed by atoms with E-state index in [0.29, 0.717) is 35.1 Å². The third-order valence-corrected chi connectivity index (χ3v) is 7.12. The van der Waals surface area contributed by atoms with Crippen molar-refractivity contribution in [2.24, 2.45) is 0 Å². The molecule has 2 aromatic rings. The fraction of sp³-hybridized carbons (Fsp3) is 0.417. The van der Waals surface area contributed by atoms with Gasteiger partial charge in [-0.15, -0.1) is 0 Å². The lowest BCUT2D eigenvalue weighted by Crippen LogP contribution is -2.47. The summed E-state index contributed by atoms with van der Waals surface area (Å²) >= 11 is 6.07. The molecule has 1 fully saturated rings. The summed E-state index contributed by atoms with van der Waals surface area (Å²) in [6.45, 7) is 3.12. The molecule has 0 spiro atoms. The monoisotopic (exact) mass is 491 g/mol. The number of benzene rings is 2. The SMILES string of the molecule is CCC(C(=O)Nc1ccccc1C(=O)N1CCCCCC1)N(c1cccc(Cl)c1)S(C)(=O)=O. The number of hydrogen-bond donors (Lipinski definition) is 1. The number of nitrogens with one attached hydrogen (secondary N) is 1. The van der Waals surface area contributed by atoms with E-state index in [9.17, 15) is 18.0 Å². The molecule has 178 valence electrons. The summed E-state index contributed by atoms with van der Waals surface area (Å²) in [5, 5.41) is 3.17. The normalized spacial score (nSPS) is 15.4. The van der Waals surface area contributed by atoms with Crippen LogP contribution in [0.3, 0.4) is 0 Å². The van der Waals surface area contributed by atoms with Crippen LogP contribution in [0, 0.1) is 0 Å². The number of halogens is 1. The molecular formula is C24H30ClN3O4S. The van der Waals surface area contributed by atoms with Gasteiger partial charge in [-0.3, -0.25) is 13.9 Å². The van der Waals surface area contributed by atoms with Gasteiger partial charge in [-0.25, -0.2) is 8.42 Å². The molecule has 1 atom stereocenters. The third-order valence-electron chi connectivity index (χ3n) is 5.70. The molecule has 2 aromatic carbocycles. The molecule has 1 unspecified atom stereocenters. The predicted octanol–water partition coefficient (Wildman–Crippen LogP) is 4.54. The molecule has 0 aliphatic carbocycles. The summed E-state index contributed by atoms with van der Waals surface area (Å²) < 4.78 is 26.4. The highest BCUT2D eigenvalue weighted by molar-refractivity contribution is 7.92. The van der Waals surface area contributed by atoms with Gasteiger partial charge in [0.25, 0.3) is 5.91 Å². The van der Waals surface area contributed by atoms with E-state index < -0.39 is 22.0 Å². The second kappa shape index (κ2) is 11.0. The van der Waals surface area contributed by atoms with Gasteiger partial charge in [0.15, 0.2) is 0 Å². The number of para-hydroxylation sites is 1. The van der Waals surface area contributed by atoms with Crippen molar-refractivity contribution < 1.29 is 18.0 Å². The van der Waals surface area contributed by atoms with Crippen molar-refractivity contribution in [3.63, 3.8) is 0 Å². The minimum Gasteiger partial charge on any atom is -0.339 e. The Balaban J connectivity index is 1.89. The fourth-order valence-corrected chi connectivity index (χ4v) is 5.50. The lowest BCUT2D eigenvalue weighted by molar-refractivity contribution is -0.117. The number of anilines is 2. The van der Waals surface area contributed by atoms with E-state index in [4.69, 9.17) is 11.6 Å². The summed E-state index contributed by atoms with van der Waals surface area (Å²) in [6, 6.07) is 12.2. The summed E-state index contributed by atoms with van der Waals surface area (Å²) in [5.74, 6) is -0.644. The van der Waals surface area contributed by atoms with Gasteiger partial charge >= 0.3 is 0 Å². The van der Waals surface area contributed by atoms with E-state index in [-0.39, 0.29) is 12.3 Å². The maximum atomic E-state index is 13.3. The average molecular weight is 492 g/mol. The molecule has 0 saturated carbocycles. The van der Waals surface area contributed by atoms with E-state index in [2.05, 4.69) is 5.32 Å². The smallest absolute Gasteiger partial charge is 0.255 e. The maximum Gasteiger partial charge on any atom is 0.255 e. The molecule has 3 rings (SSSR count). The standard InChI is InChI=1S/C24H30ClN3O4S/c1-3-22(28(33(2,31)32)19-12-10-11-18(25)17-19)23(29)26-21-14-7-6-13-20(21)24(30)27-15-8-4-5-9-16-27/h6-7,10-14,17,22H,3-5,8-9,15-16H2,1-2H3,(H,26,29). The molecule has 0 bridgehead atoms. The lowest BCUT2D eigenvalue weighted by Gasteiger charge is -2.30. The maximum absolute atomic E-state index is 13.3. The largest absolute Gasteiger partial charge is 0.339 e. The van der Waals surface area contributed by atoms with Crippen LogP contribution >= 0.6 is 11.6 Å². The van der Waals surface area contributed by atoms with E-state index in [1.54, 1.807) is 49.4 Å². The Morgan fingerprint density at radius 3 is 2.33 bits per heavy atom. The Hall–Kier alpha value is -2.58. The van der Waals surface area contributed by atoms with Crippen LogP contribution in [-0.4, -0.2) is 50.5 Å². The zero-order chi connectivity index (χ0) is 24.0. The quantitative estimate of drug-likeness (QED) is 0.616. The highest BCUT2D eigenvalue weighted by atomic mass is 35.5. The van der Waals surface area contributed by atoms with Crippen LogP contribution in [0.5, 0.6) is 0 Å². The van der Waals surface area contributed by atoms with Crippen LogP contribution in [0.2, 0.25) is 5.02 Å². The van der Waals surface area contributed by atoms with Gasteiger partial charge in [0.05, 0.1) is 23.2 Å². The molecule has 1 heterocycles. The number of carbonyl (C=O) groups is 2. The number of amides is 2. The molecule has 1 saturated heterocycles. The summed E-state index contributed by atoms with van der Waals surface area (Å²) in [5.41, 5.74) is 1.08. The third kappa shape index (κ3) is 6.26. The topological polar surface area (TPSA) is 86.8 Å². The van der Waals surface area contributed by atoms with E-state index in [1.807, 2.05) is 4.90 Å². The van der Waals surface area contributed by atoms with E-state index in [1.165, 1.54) is 6.07 Å². The number of carbonyl (C=O) groups excluding carboxylic acids is 2. The Morgan fingerprint density at radius 1 is 1.06 bits per heavy atom. The second-order valence-corrected chi connectivity index (χ2v) is 10.5. The van der Waals surface area contributed by atoms with Crippen molar-refractivity contribution in [3.8, 4) is 0 Å². The number of sulfonamides is 1. The average Bonchev–Trinajstić information content (AvgIpc) is 3.06. The molecule has 0 aromatic heterocycles. The molecule has 1 N–H and O–H groups in total. The first-order valence-electron chi connectivity index (χ1n) is 11.2. The first kappa shape index (κ1) is 25.1. The van der Waals surface area contributed by atoms with Crippen LogP contribution in [0.15, 0.2) is 48.5 Å². The Morgan fingerprint density at radius 2 is 1.73 bits per heavy atom. The molecule has 2 amide bonds. The molecule has 7 nitrogen and oxygen atoms in total. The Kier molecular flexibility index (Phi) is 8.37. The highest BCUT2D eigenvalue weighted by Gasteiger charge is 2.32. The van der Waals surface area contributed by atoms with Gasteiger partial charge < -0.3 is 10.2 Å². The molecule has 1 aliphatic rings. The first-order valence-corrected chi connectivity index (χ1v) is 13.4. The van der Waals surface area contributed by atoms with E-state index in [0.717, 1.165) is 36.2 Å². The van der Waals surface area contributed by atoms with Crippen molar-refractivity contribution in [1.29, 1.82) is 0 Å². The van der Waals surface area contributed by atoms with Gasteiger partial charge in [-0.2, -0.15) is 0 Å². The van der Waals surface area contributed by atoms with Gasteiger partial charge in [-0.1, -0.05) is 49.6 Å². The molecule has 1 aliphatic heterocycles. The minimum absolute atomic E-state index is 0.129. The number of rotatable bonds is 7. The van der Waals surface area contributed by atoms with Crippen molar-refractivity contribution >= 4 is 44.8 Å². The molecular weight excluding hydrogens is 462 g/mol. The number of hydrogen-bond acceptors (Lipinski definition) is 4. The fourth-order valence-electron chi connectivity index (χ4n) is 4.11. The van der Waals surface area contributed by atoms with Gasteiger partial charge in [0.1, 0.15) is 6.04 Å². The lowest BCUT2D eigenvalue weighted by atomic mass is 10.1. The highest BCUT2D eigenvalue weighted by Crippen LogP contribution is 2.27. The van der Waals surface area contributed by atoms with Gasteiger partial charge in [0.2, 0.25) is 15.9 Å². The first-order chi connectivity index (χ1) is 15.7. The Labute approximate surface area is 200 Å². The second-order valence-electron chi connectivity index (χ2n) is 8.20. The van der Waals surface area contributed by atoms with Crippen LogP contribution in [-0.2, 0) is 14.8 Å². The molecule has 33 heavy (non-hydrogen) atoms. The minimum atomic E-state index is -3.79. The van der Waals surface area contributed by atoms with Crippen LogP contribution in [0.1, 0.15) is 49.4 Å². The zero-order valence-electron chi connectivity index (χ0n) is 19.0. The zero-order valence-corrected chi connectivity index (χ0v) is 20.5. The summed E-state index contributed by atoms with van der Waals surface area (Å²) in [4.78, 5) is 28.3. The predicted molar refractivity (Wildman–Crippen MR) is 132 cm³/mol. The van der Waals surface area contributed by atoms with Crippen LogP contribution in [0.25, 0.3) is 0 Å². The van der Waals surface area contributed by atoms with Gasteiger partial charge in [-0.05, 0) is 49.6 Å². The van der Waals surface area contributed by atoms with Crippen molar-refractivity contribution in [3.05, 3.63) is 59.1 Å². The van der Waals surface area contributed by atoms with Gasteiger partial charge in [0, 0.05) is 18.1 Å². The van der Waals surface area contributed by atoms with Crippen LogP contribution in [0.4, 0.5) is 11.4 Å². The number of nitrogens with zero attached hydrogens (tertiary/aromatic N) is 2. The van der Waals surface area contributed by atoms with Crippen molar-refractivity contribution in [2.45, 2.75) is 45.1 Å². The van der Waals surface area contributed by atoms with Crippen molar-refractivity contribution in [1.82, 2.24) is 4.90 Å². The van der Waals surface area contributed by atoms with E-state index >= 15 is 0 Å². The number of likely N-dealkylation sites (tertiary alicyclic amines) is 1. The summed E-state index contributed by atoms with van der Waals surface area (Å²) in [7, 11) is -3.79. The van der Waals surface area contributed by atoms with Crippen molar-refractivity contribution in [2.75, 3.05) is 29.0 Å². The molecule has 9 heteroatoms. The molecule has 0 radical (unpaired) electrons.